The van der Waals surface area contributed by atoms with Crippen molar-refractivity contribution < 1.29 is 23.7 Å². The summed E-state index contributed by atoms with van der Waals surface area (Å²) in [5, 5.41) is 5.68. The number of hydrogen-bond acceptors (Lipinski definition) is 7. The highest BCUT2D eigenvalue weighted by molar-refractivity contribution is 7.79. The molecule has 0 radical (unpaired) electrons. The second-order valence-electron chi connectivity index (χ2n) is 6.36. The van der Waals surface area contributed by atoms with Crippen LogP contribution < -0.4 is 20.7 Å². The molecule has 0 amide bonds. The van der Waals surface area contributed by atoms with Crippen molar-refractivity contribution in [2.24, 2.45) is 0 Å². The quantitative estimate of drug-likeness (QED) is 0.257. The number of rotatable bonds is 3. The normalized spacial score (nSPS) is 12.0. The Kier molecular flexibility index (Phi) is 5.83. The number of benzene rings is 3. The van der Waals surface area contributed by atoms with Gasteiger partial charge in [0.25, 0.3) is 0 Å². The Labute approximate surface area is 171 Å². The van der Waals surface area contributed by atoms with Crippen molar-refractivity contribution in [3.63, 3.8) is 0 Å². The first-order valence-electron chi connectivity index (χ1n) is 9.05. The van der Waals surface area contributed by atoms with Gasteiger partial charge in [0.05, 0.1) is 11.4 Å². The summed E-state index contributed by atoms with van der Waals surface area (Å²) in [7, 11) is -4.92. The Balaban J connectivity index is 0.000000482. The predicted octanol–water partition coefficient (Wildman–Crippen LogP) is 4.23. The van der Waals surface area contributed by atoms with Gasteiger partial charge in [-0.3, -0.25) is 4.55 Å². The monoisotopic (exact) mass is 417 g/mol. The van der Waals surface area contributed by atoms with Gasteiger partial charge >= 0.3 is 1.43 Å². The summed E-state index contributed by atoms with van der Waals surface area (Å²) in [6.45, 7) is 6.21. The Morgan fingerprint density at radius 1 is 1.14 bits per heavy atom. The number of anilines is 4. The summed E-state index contributed by atoms with van der Waals surface area (Å²) in [6.07, 6.45) is 0. The molecule has 0 unspecified atom stereocenters. The predicted molar refractivity (Wildman–Crippen MR) is 115 cm³/mol. The average molecular weight is 417 g/mol. The van der Waals surface area contributed by atoms with E-state index < -0.39 is 10.4 Å². The molecule has 0 bridgehead atoms. The third-order valence-corrected chi connectivity index (χ3v) is 4.60. The average Bonchev–Trinajstić information content (AvgIpc) is 2.66. The first kappa shape index (κ1) is 20.7. The molecule has 0 saturated carbocycles. The van der Waals surface area contributed by atoms with E-state index in [0.29, 0.717) is 0 Å². The lowest BCUT2D eigenvalue weighted by atomic mass is 10.0. The lowest BCUT2D eigenvalue weighted by Gasteiger charge is -2.27. The number of nitrogen functional groups attached to an aromatic ring is 1. The van der Waals surface area contributed by atoms with Crippen LogP contribution in [0.2, 0.25) is 0 Å². The summed E-state index contributed by atoms with van der Waals surface area (Å²) in [5.74, 6) is 1.60. The molecule has 0 spiro atoms. The largest absolute Gasteiger partial charge is 1.00 e. The van der Waals surface area contributed by atoms with Crippen LogP contribution in [0, 0.1) is 0 Å². The van der Waals surface area contributed by atoms with E-state index in [-0.39, 0.29) is 1.43 Å². The maximum atomic E-state index is 8.63. The molecule has 0 atom stereocenters. The van der Waals surface area contributed by atoms with E-state index in [1.165, 1.54) is 5.69 Å². The number of para-hydroxylation sites is 2. The van der Waals surface area contributed by atoms with Crippen LogP contribution in [0.25, 0.3) is 10.8 Å². The van der Waals surface area contributed by atoms with Crippen LogP contribution >= 0.6 is 0 Å². The maximum Gasteiger partial charge on any atom is 1.00 e. The molecule has 0 fully saturated rings. The van der Waals surface area contributed by atoms with E-state index in [0.717, 1.165) is 52.4 Å². The van der Waals surface area contributed by atoms with E-state index in [9.17, 15) is 0 Å². The number of fused-ring (bicyclic) bond motifs is 4. The Bertz CT molecular complexity index is 1140. The van der Waals surface area contributed by atoms with Crippen LogP contribution in [-0.2, 0) is 10.4 Å². The van der Waals surface area contributed by atoms with E-state index in [1.54, 1.807) is 0 Å². The lowest BCUT2D eigenvalue weighted by Crippen LogP contribution is -2.22. The van der Waals surface area contributed by atoms with Crippen molar-refractivity contribution in [2.45, 2.75) is 13.8 Å². The molecule has 1 aliphatic rings. The minimum absolute atomic E-state index is 0. The van der Waals surface area contributed by atoms with Gasteiger partial charge in [0, 0.05) is 41.3 Å². The number of nitrogens with zero attached hydrogens (tertiary/aromatic N) is 1. The van der Waals surface area contributed by atoms with Gasteiger partial charge in [0.2, 0.25) is 10.4 Å². The molecule has 29 heavy (non-hydrogen) atoms. The molecule has 9 heteroatoms. The van der Waals surface area contributed by atoms with E-state index in [4.69, 9.17) is 28.0 Å². The number of hydrogen-bond donors (Lipinski definition) is 3. The zero-order valence-electron chi connectivity index (χ0n) is 17.0. The highest BCUT2D eigenvalue weighted by atomic mass is 32.3. The lowest BCUT2D eigenvalue weighted by molar-refractivity contribution is 0.366. The van der Waals surface area contributed by atoms with Crippen LogP contribution in [0.4, 0.5) is 22.7 Å². The Morgan fingerprint density at radius 2 is 1.79 bits per heavy atom. The summed E-state index contributed by atoms with van der Waals surface area (Å²) in [5.41, 5.74) is 10.3. The van der Waals surface area contributed by atoms with Gasteiger partial charge in [-0.2, -0.15) is 0 Å². The third-order valence-electron chi connectivity index (χ3n) is 4.60. The molecule has 3 aromatic rings. The molecule has 1 aliphatic heterocycles. The Morgan fingerprint density at radius 3 is 2.45 bits per heavy atom. The summed E-state index contributed by atoms with van der Waals surface area (Å²) >= 11 is 0. The zero-order valence-corrected chi connectivity index (χ0v) is 16.9. The summed E-state index contributed by atoms with van der Waals surface area (Å²) < 4.78 is 38.9. The second kappa shape index (κ2) is 8.16. The van der Waals surface area contributed by atoms with E-state index >= 15 is 0 Å². The molecule has 3 aromatic carbocycles. The molecule has 0 aromatic heterocycles. The van der Waals surface area contributed by atoms with Crippen LogP contribution in [0.5, 0.6) is 11.5 Å². The number of nitrogens with one attached hydrogen (secondary N) is 1. The van der Waals surface area contributed by atoms with Crippen LogP contribution in [-0.4, -0.2) is 30.6 Å². The molecule has 8 nitrogen and oxygen atoms in total. The van der Waals surface area contributed by atoms with Crippen LogP contribution in [0.3, 0.4) is 0 Å². The van der Waals surface area contributed by atoms with Crippen LogP contribution in [0.15, 0.2) is 48.5 Å². The molecule has 4 N–H and O–H groups in total. The van der Waals surface area contributed by atoms with Gasteiger partial charge in [-0.25, -0.2) is 8.42 Å². The summed E-state index contributed by atoms with van der Waals surface area (Å²) in [6, 6.07) is 16.2. The van der Waals surface area contributed by atoms with E-state index in [1.807, 2.05) is 30.3 Å². The van der Waals surface area contributed by atoms with Gasteiger partial charge in [0.15, 0.2) is 11.5 Å². The minimum Gasteiger partial charge on any atom is -0.726 e. The molecule has 4 rings (SSSR count). The van der Waals surface area contributed by atoms with Gasteiger partial charge in [-0.1, -0.05) is 24.3 Å². The topological polar surface area (TPSA) is 128 Å². The van der Waals surface area contributed by atoms with Gasteiger partial charge in [-0.05, 0) is 32.0 Å². The van der Waals surface area contributed by atoms with E-state index in [2.05, 4.69) is 42.3 Å². The number of ether oxygens (including phenoxy) is 1. The SMILES string of the molecule is CCN(CC)c1cccc2c3c(cc(N)c12)Oc1ccccc1N3.O=S(=O)([O-])O.[H+]. The molecular weight excluding hydrogens is 394 g/mol. The van der Waals surface area contributed by atoms with Gasteiger partial charge in [0.1, 0.15) is 0 Å². The van der Waals surface area contributed by atoms with Crippen molar-refractivity contribution in [3.8, 4) is 11.5 Å². The van der Waals surface area contributed by atoms with Crippen molar-refractivity contribution in [1.29, 1.82) is 0 Å². The fraction of sp³-hybridized carbons (Fsp3) is 0.200. The third kappa shape index (κ3) is 4.53. The fourth-order valence-electron chi connectivity index (χ4n) is 3.42. The first-order valence-corrected chi connectivity index (χ1v) is 10.4. The Hall–Kier alpha value is -3.01. The highest BCUT2D eigenvalue weighted by Crippen LogP contribution is 2.48. The number of nitrogens with two attached hydrogens (primary N) is 1. The zero-order chi connectivity index (χ0) is 21.2. The standard InChI is InChI=1S/C20H21N3O.H2O4S/c1-3-23(4-2)16-10-7-8-13-19(16)14(21)12-18-20(13)22-15-9-5-6-11-17(15)24-18;1-5(2,3)4/h5-12,22H,3-4,21H2,1-2H3;(H2,1,2,3,4). The van der Waals surface area contributed by atoms with Gasteiger partial charge < -0.3 is 25.2 Å². The van der Waals surface area contributed by atoms with Gasteiger partial charge in [-0.15, -0.1) is 0 Å². The highest BCUT2D eigenvalue weighted by Gasteiger charge is 2.21. The van der Waals surface area contributed by atoms with Crippen molar-refractivity contribution >= 4 is 43.9 Å². The van der Waals surface area contributed by atoms with Crippen molar-refractivity contribution in [1.82, 2.24) is 0 Å². The smallest absolute Gasteiger partial charge is 0.726 e. The summed E-state index contributed by atoms with van der Waals surface area (Å²) in [4.78, 5) is 2.32. The molecule has 0 saturated heterocycles. The maximum absolute atomic E-state index is 8.63. The fourth-order valence-corrected chi connectivity index (χ4v) is 3.42. The molecule has 1 heterocycles. The molecule has 154 valence electrons. The van der Waals surface area contributed by atoms with Crippen LogP contribution in [0.1, 0.15) is 15.3 Å². The first-order chi connectivity index (χ1) is 13.7. The second-order valence-corrected chi connectivity index (χ2v) is 7.22. The van der Waals surface area contributed by atoms with Crippen molar-refractivity contribution in [2.75, 3.05) is 29.0 Å². The molecular formula is C20H23N3O5S. The van der Waals surface area contributed by atoms with Crippen molar-refractivity contribution in [3.05, 3.63) is 48.5 Å². The molecule has 0 aliphatic carbocycles. The minimum atomic E-state index is -4.92.